The van der Waals surface area contributed by atoms with Crippen LogP contribution in [0.25, 0.3) is 5.57 Å². The van der Waals surface area contributed by atoms with Crippen molar-refractivity contribution in [3.63, 3.8) is 0 Å². The number of ether oxygens (including phenoxy) is 2. The zero-order valence-electron chi connectivity index (χ0n) is 11.1. The van der Waals surface area contributed by atoms with E-state index < -0.39 is 0 Å². The first-order valence-corrected chi connectivity index (χ1v) is 6.26. The van der Waals surface area contributed by atoms with Gasteiger partial charge in [0, 0.05) is 5.56 Å². The minimum absolute atomic E-state index is 0.109. The molecule has 0 bridgehead atoms. The first-order chi connectivity index (χ1) is 9.15. The van der Waals surface area contributed by atoms with Crippen molar-refractivity contribution < 1.29 is 18.7 Å². The second-order valence-corrected chi connectivity index (χ2v) is 4.57. The molecule has 3 nitrogen and oxygen atoms in total. The van der Waals surface area contributed by atoms with Crippen molar-refractivity contribution >= 4 is 11.5 Å². The number of carbonyl (C=O) groups is 1. The lowest BCUT2D eigenvalue weighted by molar-refractivity contribution is -0.145. The lowest BCUT2D eigenvalue weighted by Gasteiger charge is -2.20. The van der Waals surface area contributed by atoms with Crippen LogP contribution in [-0.4, -0.2) is 20.2 Å². The van der Waals surface area contributed by atoms with Gasteiger partial charge in [-0.15, -0.1) is 0 Å². The number of halogens is 1. The zero-order valence-corrected chi connectivity index (χ0v) is 11.1. The van der Waals surface area contributed by atoms with Crippen LogP contribution in [0.15, 0.2) is 24.3 Å². The van der Waals surface area contributed by atoms with Gasteiger partial charge < -0.3 is 9.47 Å². The molecule has 0 aliphatic heterocycles. The summed E-state index contributed by atoms with van der Waals surface area (Å²) in [6.45, 7) is 0. The molecule has 0 amide bonds. The predicted octanol–water partition coefficient (Wildman–Crippen LogP) is 3.19. The molecular weight excluding hydrogens is 247 g/mol. The molecule has 0 spiro atoms. The number of carbonyl (C=O) groups excluding carboxylic acids is 1. The van der Waals surface area contributed by atoms with Gasteiger partial charge in [0.1, 0.15) is 11.6 Å². The van der Waals surface area contributed by atoms with Crippen LogP contribution in [0.2, 0.25) is 0 Å². The highest BCUT2D eigenvalue weighted by Crippen LogP contribution is 2.33. The summed E-state index contributed by atoms with van der Waals surface area (Å²) >= 11 is 0. The fraction of sp³-hybridized carbons (Fsp3) is 0.400. The summed E-state index contributed by atoms with van der Waals surface area (Å²) in [5, 5.41) is 0. The number of esters is 1. The summed E-state index contributed by atoms with van der Waals surface area (Å²) in [5.74, 6) is 0.0693. The molecule has 0 saturated carbocycles. The van der Waals surface area contributed by atoms with Crippen molar-refractivity contribution in [1.82, 2.24) is 0 Å². The van der Waals surface area contributed by atoms with Gasteiger partial charge in [0.25, 0.3) is 0 Å². The number of rotatable bonds is 3. The van der Waals surface area contributed by atoms with E-state index in [4.69, 9.17) is 9.47 Å². The van der Waals surface area contributed by atoms with Crippen LogP contribution in [-0.2, 0) is 9.53 Å². The van der Waals surface area contributed by atoms with E-state index in [0.29, 0.717) is 30.6 Å². The van der Waals surface area contributed by atoms with E-state index in [1.165, 1.54) is 13.2 Å². The van der Waals surface area contributed by atoms with Gasteiger partial charge in [-0.25, -0.2) is 4.39 Å². The number of hydrogen-bond acceptors (Lipinski definition) is 3. The Labute approximate surface area is 112 Å². The molecule has 19 heavy (non-hydrogen) atoms. The van der Waals surface area contributed by atoms with Crippen molar-refractivity contribution in [1.29, 1.82) is 0 Å². The smallest absolute Gasteiger partial charge is 0.308 e. The molecule has 2 rings (SSSR count). The molecule has 0 aromatic heterocycles. The van der Waals surface area contributed by atoms with Crippen LogP contribution in [0.4, 0.5) is 4.39 Å². The first kappa shape index (κ1) is 13.6. The van der Waals surface area contributed by atoms with Crippen molar-refractivity contribution in [2.24, 2.45) is 5.92 Å². The Balaban J connectivity index is 2.20. The number of benzene rings is 1. The highest BCUT2D eigenvalue weighted by molar-refractivity contribution is 5.75. The molecule has 1 unspecified atom stereocenters. The predicted molar refractivity (Wildman–Crippen MR) is 70.3 cm³/mol. The summed E-state index contributed by atoms with van der Waals surface area (Å²) in [4.78, 5) is 11.4. The van der Waals surface area contributed by atoms with Crippen LogP contribution in [0.3, 0.4) is 0 Å². The molecule has 1 atom stereocenters. The molecule has 0 radical (unpaired) electrons. The second-order valence-electron chi connectivity index (χ2n) is 4.57. The molecule has 4 heteroatoms. The Morgan fingerprint density at radius 3 is 2.74 bits per heavy atom. The third-order valence-corrected chi connectivity index (χ3v) is 3.46. The van der Waals surface area contributed by atoms with E-state index in [0.717, 1.165) is 5.57 Å². The average Bonchev–Trinajstić information content (AvgIpc) is 2.47. The van der Waals surface area contributed by atoms with Gasteiger partial charge in [-0.2, -0.15) is 0 Å². The maximum absolute atomic E-state index is 13.8. The van der Waals surface area contributed by atoms with Crippen LogP contribution in [0.1, 0.15) is 24.8 Å². The molecule has 1 aromatic rings. The minimum Gasteiger partial charge on any atom is -0.497 e. The van der Waals surface area contributed by atoms with Gasteiger partial charge in [-0.05, 0) is 43.0 Å². The lowest BCUT2D eigenvalue weighted by Crippen LogP contribution is -2.18. The van der Waals surface area contributed by atoms with E-state index in [9.17, 15) is 9.18 Å². The van der Waals surface area contributed by atoms with E-state index in [1.54, 1.807) is 19.2 Å². The largest absolute Gasteiger partial charge is 0.497 e. The quantitative estimate of drug-likeness (QED) is 0.786. The zero-order chi connectivity index (χ0) is 13.8. The van der Waals surface area contributed by atoms with Gasteiger partial charge in [0.15, 0.2) is 0 Å². The summed E-state index contributed by atoms with van der Waals surface area (Å²) in [6.07, 6.45) is 3.88. The van der Waals surface area contributed by atoms with Crippen molar-refractivity contribution in [2.45, 2.75) is 19.3 Å². The Kier molecular flexibility index (Phi) is 4.20. The van der Waals surface area contributed by atoms with Gasteiger partial charge in [-0.3, -0.25) is 4.79 Å². The van der Waals surface area contributed by atoms with Crippen molar-refractivity contribution in [3.05, 3.63) is 35.7 Å². The number of allylic oxidation sites excluding steroid dienone is 2. The van der Waals surface area contributed by atoms with Crippen molar-refractivity contribution in [3.8, 4) is 5.75 Å². The Bertz CT molecular complexity index is 508. The fourth-order valence-electron chi connectivity index (χ4n) is 2.34. The normalized spacial score (nSPS) is 18.7. The molecule has 0 N–H and O–H groups in total. The van der Waals surface area contributed by atoms with Gasteiger partial charge >= 0.3 is 5.97 Å². The molecule has 0 heterocycles. The van der Waals surface area contributed by atoms with Crippen LogP contribution in [0.5, 0.6) is 5.75 Å². The number of methoxy groups -OCH3 is 2. The summed E-state index contributed by atoms with van der Waals surface area (Å²) in [7, 11) is 2.95. The maximum atomic E-state index is 13.8. The van der Waals surface area contributed by atoms with Crippen LogP contribution < -0.4 is 4.74 Å². The van der Waals surface area contributed by atoms with E-state index in [2.05, 4.69) is 0 Å². The summed E-state index contributed by atoms with van der Waals surface area (Å²) in [6, 6.07) is 4.69. The Hall–Kier alpha value is -1.84. The van der Waals surface area contributed by atoms with Gasteiger partial charge in [0.2, 0.25) is 0 Å². The minimum atomic E-state index is -0.261. The molecule has 0 saturated heterocycles. The molecule has 1 aromatic carbocycles. The van der Waals surface area contributed by atoms with Gasteiger partial charge in [-0.1, -0.05) is 6.08 Å². The molecule has 1 aliphatic rings. The maximum Gasteiger partial charge on any atom is 0.308 e. The van der Waals surface area contributed by atoms with Crippen molar-refractivity contribution in [2.75, 3.05) is 14.2 Å². The topological polar surface area (TPSA) is 35.5 Å². The lowest BCUT2D eigenvalue weighted by atomic mass is 9.86. The second kappa shape index (κ2) is 5.87. The van der Waals surface area contributed by atoms with Gasteiger partial charge in [0.05, 0.1) is 20.1 Å². The average molecular weight is 264 g/mol. The summed E-state index contributed by atoms with van der Waals surface area (Å²) < 4.78 is 23.7. The monoisotopic (exact) mass is 264 g/mol. The van der Waals surface area contributed by atoms with Crippen LogP contribution >= 0.6 is 0 Å². The Morgan fingerprint density at radius 2 is 2.16 bits per heavy atom. The molecular formula is C15H17FO3. The van der Waals surface area contributed by atoms with E-state index in [1.807, 2.05) is 6.08 Å². The SMILES string of the molecule is COC(=O)C1CC=C(c2cc(OC)ccc2F)CC1. The first-order valence-electron chi connectivity index (χ1n) is 6.26. The van der Waals surface area contributed by atoms with E-state index >= 15 is 0 Å². The van der Waals surface area contributed by atoms with Crippen LogP contribution in [0, 0.1) is 11.7 Å². The highest BCUT2D eigenvalue weighted by atomic mass is 19.1. The fourth-order valence-corrected chi connectivity index (χ4v) is 2.34. The van der Waals surface area contributed by atoms with E-state index in [-0.39, 0.29) is 17.7 Å². The molecule has 102 valence electrons. The third kappa shape index (κ3) is 2.95. The standard InChI is InChI=1S/C15H17FO3/c1-18-12-7-8-14(16)13(9-12)10-3-5-11(6-4-10)15(17)19-2/h3,7-9,11H,4-6H2,1-2H3. The molecule has 0 fully saturated rings. The third-order valence-electron chi connectivity index (χ3n) is 3.46. The summed E-state index contributed by atoms with van der Waals surface area (Å²) in [5.41, 5.74) is 1.49. The number of hydrogen-bond donors (Lipinski definition) is 0. The highest BCUT2D eigenvalue weighted by Gasteiger charge is 2.23. The molecule has 1 aliphatic carbocycles. The Morgan fingerprint density at radius 1 is 1.37 bits per heavy atom.